The van der Waals surface area contributed by atoms with Crippen LogP contribution in [0.5, 0.6) is 0 Å². The van der Waals surface area contributed by atoms with Crippen LogP contribution in [-0.2, 0) is 42.9 Å². The van der Waals surface area contributed by atoms with Crippen molar-refractivity contribution in [1.82, 2.24) is 9.55 Å². The van der Waals surface area contributed by atoms with E-state index in [1.54, 1.807) is 0 Å². The molecule has 0 spiro atoms. The molecule has 2 heterocycles. The number of aromatic nitrogens is 2. The van der Waals surface area contributed by atoms with Gasteiger partial charge in [0.15, 0.2) is 18.4 Å². The second-order valence-corrected chi connectivity index (χ2v) is 6.26. The molecule has 0 saturated carbocycles. The minimum Gasteiger partial charge on any atom is -0.466 e. The predicted molar refractivity (Wildman–Crippen MR) is 104 cm³/mol. The molecule has 1 aliphatic heterocycles. The van der Waals surface area contributed by atoms with E-state index in [1.807, 2.05) is 4.98 Å². The van der Waals surface area contributed by atoms with Gasteiger partial charge in [-0.3, -0.25) is 28.7 Å². The monoisotopic (exact) mass is 457 g/mol. The third-order valence-corrected chi connectivity index (χ3v) is 4.10. The lowest BCUT2D eigenvalue weighted by Gasteiger charge is -2.24. The smallest absolute Gasteiger partial charge is 0.330 e. The fraction of sp³-hybridized carbons (Fsp3) is 0.474. The molecule has 0 bridgehead atoms. The molecule has 1 aliphatic rings. The first-order chi connectivity index (χ1) is 16.6. The molecule has 1 aromatic heterocycles. The first kappa shape index (κ1) is 20.2. The molecule has 1 saturated heterocycles. The zero-order chi connectivity index (χ0) is 26.1. The van der Waals surface area contributed by atoms with Crippen LogP contribution in [0.15, 0.2) is 21.9 Å². The van der Waals surface area contributed by atoms with E-state index in [-0.39, 0.29) is 5.56 Å². The first-order valence-electron chi connectivity index (χ1n) is 11.0. The highest BCUT2D eigenvalue weighted by atomic mass is 16.7. The number of aromatic amines is 1. The predicted octanol–water partition coefficient (Wildman–Crippen LogP) is -0.953. The van der Waals surface area contributed by atoms with Gasteiger partial charge in [-0.1, -0.05) is 0 Å². The van der Waals surface area contributed by atoms with E-state index >= 15 is 0 Å². The highest BCUT2D eigenvalue weighted by Gasteiger charge is 2.51. The Bertz CT molecular complexity index is 1100. The molecule has 0 radical (unpaired) electrons. The highest BCUT2D eigenvalue weighted by molar-refractivity contribution is 5.86. The summed E-state index contributed by atoms with van der Waals surface area (Å²) in [6.45, 7) is -2.96. The molecule has 1 unspecified atom stereocenters. The van der Waals surface area contributed by atoms with Crippen LogP contribution in [0.25, 0.3) is 6.08 Å². The van der Waals surface area contributed by atoms with Crippen LogP contribution in [0.2, 0.25) is 0 Å². The SMILES string of the molecule is [2H]CC(=O)OC[C@H]1OC(n2cc(C=CC(=O)OC)c(=O)[nH]c2=O)[C@H](OC(=O)C[2H])[C@H]1OC(=O)C[2H]. The van der Waals surface area contributed by atoms with Gasteiger partial charge in [0.2, 0.25) is 0 Å². The number of carbonyl (C=O) groups excluding carboxylic acids is 4. The summed E-state index contributed by atoms with van der Waals surface area (Å²) in [6.07, 6.45) is -2.98. The zero-order valence-electron chi connectivity index (χ0n) is 19.8. The maximum Gasteiger partial charge on any atom is 0.330 e. The lowest BCUT2D eigenvalue weighted by Crippen LogP contribution is -2.42. The lowest BCUT2D eigenvalue weighted by atomic mass is 10.1. The third-order valence-electron chi connectivity index (χ3n) is 4.10. The molecule has 13 nitrogen and oxygen atoms in total. The number of esters is 4. The number of rotatable bonds is 7. The van der Waals surface area contributed by atoms with Crippen molar-refractivity contribution >= 4 is 30.0 Å². The van der Waals surface area contributed by atoms with E-state index in [9.17, 15) is 28.8 Å². The minimum atomic E-state index is -1.57. The van der Waals surface area contributed by atoms with Crippen molar-refractivity contribution in [2.75, 3.05) is 13.7 Å². The molecular weight excluding hydrogens is 432 g/mol. The van der Waals surface area contributed by atoms with Gasteiger partial charge in [0.25, 0.3) is 5.56 Å². The largest absolute Gasteiger partial charge is 0.466 e. The number of nitrogens with one attached hydrogen (secondary N) is 1. The minimum absolute atomic E-state index is 0.201. The lowest BCUT2D eigenvalue weighted by molar-refractivity contribution is -0.166. The Labute approximate surface area is 185 Å². The number of carbonyl (C=O) groups is 4. The topological polar surface area (TPSA) is 169 Å². The van der Waals surface area contributed by atoms with E-state index in [4.69, 9.17) is 23.1 Å². The summed E-state index contributed by atoms with van der Waals surface area (Å²) in [5.41, 5.74) is -2.10. The van der Waals surface area contributed by atoms with E-state index < -0.39 is 87.0 Å². The van der Waals surface area contributed by atoms with Crippen molar-refractivity contribution in [3.8, 4) is 0 Å². The Hall–Kier alpha value is -3.74. The van der Waals surface area contributed by atoms with Gasteiger partial charge in [0.1, 0.15) is 12.7 Å². The van der Waals surface area contributed by atoms with Gasteiger partial charge in [-0.2, -0.15) is 0 Å². The van der Waals surface area contributed by atoms with E-state index in [1.165, 1.54) is 0 Å². The summed E-state index contributed by atoms with van der Waals surface area (Å²) in [5.74, 6) is -3.87. The Morgan fingerprint density at radius 1 is 1.12 bits per heavy atom. The maximum atomic E-state index is 12.6. The zero-order valence-corrected chi connectivity index (χ0v) is 16.8. The fourth-order valence-corrected chi connectivity index (χ4v) is 2.85. The molecule has 4 atom stereocenters. The van der Waals surface area contributed by atoms with Crippen LogP contribution in [0.3, 0.4) is 0 Å². The third kappa shape index (κ3) is 6.14. The van der Waals surface area contributed by atoms with Crippen LogP contribution in [-0.4, -0.2) is 65.5 Å². The van der Waals surface area contributed by atoms with E-state index in [0.717, 1.165) is 30.0 Å². The van der Waals surface area contributed by atoms with E-state index in [0.29, 0.717) is 0 Å². The highest BCUT2D eigenvalue weighted by Crippen LogP contribution is 2.33. The molecule has 2 rings (SSSR count). The molecule has 1 fully saturated rings. The van der Waals surface area contributed by atoms with Gasteiger partial charge in [-0.05, 0) is 6.08 Å². The number of hydrogen-bond donors (Lipinski definition) is 1. The van der Waals surface area contributed by atoms with Gasteiger partial charge in [-0.15, -0.1) is 0 Å². The quantitative estimate of drug-likeness (QED) is 0.304. The van der Waals surface area contributed by atoms with Crippen LogP contribution < -0.4 is 11.2 Å². The number of H-pyrrole nitrogens is 1. The van der Waals surface area contributed by atoms with Crippen molar-refractivity contribution < 1.29 is 47.0 Å². The normalized spacial score (nSPS) is 23.6. The summed E-state index contributed by atoms with van der Waals surface area (Å²) >= 11 is 0. The van der Waals surface area contributed by atoms with Crippen molar-refractivity contribution in [3.05, 3.63) is 38.7 Å². The summed E-state index contributed by atoms with van der Waals surface area (Å²) < 4.78 is 47.5. The Morgan fingerprint density at radius 2 is 1.78 bits per heavy atom. The van der Waals surface area contributed by atoms with Crippen molar-refractivity contribution in [2.24, 2.45) is 0 Å². The number of nitrogens with zero attached hydrogens (tertiary/aromatic N) is 1. The molecule has 1 aromatic rings. The average molecular weight is 457 g/mol. The second kappa shape index (κ2) is 10.5. The van der Waals surface area contributed by atoms with Crippen molar-refractivity contribution in [2.45, 2.75) is 45.2 Å². The molecule has 13 heteroatoms. The second-order valence-electron chi connectivity index (χ2n) is 6.26. The Morgan fingerprint density at radius 3 is 2.41 bits per heavy atom. The summed E-state index contributed by atoms with van der Waals surface area (Å²) in [6, 6.07) is 0. The summed E-state index contributed by atoms with van der Waals surface area (Å²) in [5, 5.41) is 0. The van der Waals surface area contributed by atoms with Crippen molar-refractivity contribution in [1.29, 1.82) is 0 Å². The maximum absolute atomic E-state index is 12.6. The molecule has 174 valence electrons. The molecule has 32 heavy (non-hydrogen) atoms. The van der Waals surface area contributed by atoms with Crippen LogP contribution in [0.1, 0.15) is 36.6 Å². The number of hydrogen-bond acceptors (Lipinski definition) is 11. The van der Waals surface area contributed by atoms with Gasteiger partial charge in [-0.25, -0.2) is 9.59 Å². The average Bonchev–Trinajstić information content (AvgIpc) is 3.17. The molecule has 0 aliphatic carbocycles. The standard InChI is InChI=1S/C19H22N2O11/c1-9(22)29-8-13-15(30-10(2)23)16(31-11(3)24)18(32-13)21-7-12(5-6-14(25)28-4)17(26)20-19(21)27/h5-7,13,15-16,18H,8H2,1-4H3,(H,20,26,27)/t13-,15+,16-,18?/m1/s1/i1D,2D,3D. The van der Waals surface area contributed by atoms with Gasteiger partial charge < -0.3 is 23.7 Å². The van der Waals surface area contributed by atoms with Crippen LogP contribution >= 0.6 is 0 Å². The number of methoxy groups -OCH3 is 1. The number of ether oxygens (including phenoxy) is 5. The van der Waals surface area contributed by atoms with Crippen molar-refractivity contribution in [3.63, 3.8) is 0 Å². The molecular formula is C19H22N2O11. The summed E-state index contributed by atoms with van der Waals surface area (Å²) in [7, 11) is 1.11. The molecule has 0 aromatic carbocycles. The van der Waals surface area contributed by atoms with Gasteiger partial charge >= 0.3 is 29.6 Å². The Kier molecular flexibility index (Phi) is 6.64. The fourth-order valence-electron chi connectivity index (χ4n) is 2.85. The van der Waals surface area contributed by atoms with Crippen LogP contribution in [0, 0.1) is 0 Å². The van der Waals surface area contributed by atoms with E-state index in [2.05, 4.69) is 4.74 Å². The first-order valence-corrected chi connectivity index (χ1v) is 8.84. The molecule has 1 N–H and O–H groups in total. The van der Waals surface area contributed by atoms with Gasteiger partial charge in [0.05, 0.1) is 12.7 Å². The Balaban J connectivity index is 2.54. The summed E-state index contributed by atoms with van der Waals surface area (Å²) in [4.78, 5) is 73.3. The molecule has 0 amide bonds. The van der Waals surface area contributed by atoms with Crippen LogP contribution in [0.4, 0.5) is 0 Å². The van der Waals surface area contributed by atoms with Gasteiger partial charge in [0, 0.05) is 37.1 Å².